The van der Waals surface area contributed by atoms with Gasteiger partial charge < -0.3 is 0 Å². The Balaban J connectivity index is 1.49. The van der Waals surface area contributed by atoms with Gasteiger partial charge in [0.15, 0.2) is 5.82 Å². The zero-order valence-electron chi connectivity index (χ0n) is 15.7. The minimum absolute atomic E-state index is 0.136. The monoisotopic (exact) mass is 395 g/mol. The van der Waals surface area contributed by atoms with Crippen molar-refractivity contribution in [3.63, 3.8) is 0 Å². The maximum Gasteiger partial charge on any atom is 0.291 e. The van der Waals surface area contributed by atoms with E-state index in [0.29, 0.717) is 15.3 Å². The third kappa shape index (κ3) is 3.37. The van der Waals surface area contributed by atoms with E-state index in [2.05, 4.69) is 34.3 Å². The van der Waals surface area contributed by atoms with Crippen molar-refractivity contribution in [2.45, 2.75) is 6.92 Å². The highest BCUT2D eigenvalue weighted by molar-refractivity contribution is 7.15. The van der Waals surface area contributed by atoms with E-state index in [1.165, 1.54) is 27.0 Å². The molecule has 0 fully saturated rings. The van der Waals surface area contributed by atoms with Gasteiger partial charge in [-0.3, -0.25) is 4.79 Å². The van der Waals surface area contributed by atoms with Crippen molar-refractivity contribution in [2.24, 2.45) is 0 Å². The van der Waals surface area contributed by atoms with Gasteiger partial charge in [0.2, 0.25) is 4.96 Å². The zero-order valence-corrected chi connectivity index (χ0v) is 16.6. The van der Waals surface area contributed by atoms with Gasteiger partial charge >= 0.3 is 0 Å². The summed E-state index contributed by atoms with van der Waals surface area (Å²) in [6.07, 6.45) is 1.89. The van der Waals surface area contributed by atoms with E-state index >= 15 is 0 Å². The van der Waals surface area contributed by atoms with E-state index in [0.717, 1.165) is 16.7 Å². The van der Waals surface area contributed by atoms with E-state index < -0.39 is 0 Å². The second-order valence-corrected chi connectivity index (χ2v) is 7.91. The molecule has 0 aliphatic heterocycles. The first-order chi connectivity index (χ1) is 14.2. The first kappa shape index (κ1) is 17.5. The lowest BCUT2D eigenvalue weighted by atomic mass is 10.0. The predicted molar refractivity (Wildman–Crippen MR) is 118 cm³/mol. The summed E-state index contributed by atoms with van der Waals surface area (Å²) in [5.74, 6) is 0.576. The van der Waals surface area contributed by atoms with Crippen LogP contribution in [0.3, 0.4) is 0 Å². The fourth-order valence-electron chi connectivity index (χ4n) is 3.21. The van der Waals surface area contributed by atoms with E-state index in [4.69, 9.17) is 0 Å². The number of rotatable bonds is 3. The van der Waals surface area contributed by atoms with Crippen LogP contribution in [0.5, 0.6) is 0 Å². The number of thiazole rings is 1. The fourth-order valence-corrected chi connectivity index (χ4v) is 4.12. The van der Waals surface area contributed by atoms with Crippen LogP contribution in [0.4, 0.5) is 0 Å². The van der Waals surface area contributed by atoms with E-state index in [1.54, 1.807) is 0 Å². The minimum Gasteiger partial charge on any atom is -0.266 e. The minimum atomic E-state index is -0.136. The number of nitrogens with zero attached hydrogens (tertiary/aromatic N) is 3. The Kier molecular flexibility index (Phi) is 4.30. The molecule has 0 atom stereocenters. The smallest absolute Gasteiger partial charge is 0.266 e. The molecule has 5 aromatic rings. The molecule has 0 amide bonds. The average molecular weight is 395 g/mol. The normalized spacial score (nSPS) is 12.0. The maximum absolute atomic E-state index is 12.8. The van der Waals surface area contributed by atoms with Crippen LogP contribution in [0.15, 0.2) is 83.7 Å². The van der Waals surface area contributed by atoms with Crippen LogP contribution in [0.25, 0.3) is 33.6 Å². The predicted octanol–water partition coefficient (Wildman–Crippen LogP) is 4.34. The number of benzene rings is 3. The summed E-state index contributed by atoms with van der Waals surface area (Å²) < 4.78 is 2.02. The SMILES string of the molecule is Cc1ccc(-c2nc3s/c(=C\c4ccc(-c5ccccc5)cc4)c(=O)n3n2)cc1. The second kappa shape index (κ2) is 7.11. The molecule has 0 spiro atoms. The van der Waals surface area contributed by atoms with Crippen molar-refractivity contribution in [1.82, 2.24) is 14.6 Å². The van der Waals surface area contributed by atoms with Crippen LogP contribution in [-0.4, -0.2) is 14.6 Å². The summed E-state index contributed by atoms with van der Waals surface area (Å²) in [6, 6.07) is 26.4. The Morgan fingerprint density at radius 3 is 2.17 bits per heavy atom. The number of fused-ring (bicyclic) bond motifs is 1. The molecule has 0 unspecified atom stereocenters. The van der Waals surface area contributed by atoms with Crippen molar-refractivity contribution in [3.05, 3.63) is 105 Å². The fraction of sp³-hybridized carbons (Fsp3) is 0.0417. The van der Waals surface area contributed by atoms with Gasteiger partial charge in [-0.25, -0.2) is 0 Å². The van der Waals surface area contributed by atoms with Gasteiger partial charge in [-0.1, -0.05) is 95.8 Å². The molecule has 140 valence electrons. The summed E-state index contributed by atoms with van der Waals surface area (Å²) in [6.45, 7) is 2.03. The van der Waals surface area contributed by atoms with Gasteiger partial charge in [-0.2, -0.15) is 9.50 Å². The van der Waals surface area contributed by atoms with E-state index in [-0.39, 0.29) is 5.56 Å². The molecule has 2 heterocycles. The lowest BCUT2D eigenvalue weighted by molar-refractivity contribution is 0.937. The largest absolute Gasteiger partial charge is 0.291 e. The summed E-state index contributed by atoms with van der Waals surface area (Å²) in [5, 5.41) is 4.41. The first-order valence-corrected chi connectivity index (χ1v) is 10.1. The number of aryl methyl sites for hydroxylation is 1. The Morgan fingerprint density at radius 2 is 1.48 bits per heavy atom. The molecule has 0 aliphatic rings. The average Bonchev–Trinajstić information content (AvgIpc) is 3.29. The van der Waals surface area contributed by atoms with Crippen molar-refractivity contribution in [2.75, 3.05) is 0 Å². The third-order valence-electron chi connectivity index (χ3n) is 4.81. The Labute approximate surface area is 171 Å². The second-order valence-electron chi connectivity index (χ2n) is 6.90. The molecule has 5 rings (SSSR count). The molecule has 0 saturated carbocycles. The highest BCUT2D eigenvalue weighted by Crippen LogP contribution is 2.20. The quantitative estimate of drug-likeness (QED) is 0.457. The number of hydrogen-bond donors (Lipinski definition) is 0. The topological polar surface area (TPSA) is 47.3 Å². The van der Waals surface area contributed by atoms with Crippen molar-refractivity contribution < 1.29 is 0 Å². The van der Waals surface area contributed by atoms with E-state index in [9.17, 15) is 4.79 Å². The van der Waals surface area contributed by atoms with Crippen LogP contribution < -0.4 is 10.1 Å². The van der Waals surface area contributed by atoms with Gasteiger partial charge in [0.05, 0.1) is 4.53 Å². The lowest BCUT2D eigenvalue weighted by Gasteiger charge is -2.01. The molecular weight excluding hydrogens is 378 g/mol. The highest BCUT2D eigenvalue weighted by atomic mass is 32.1. The van der Waals surface area contributed by atoms with Crippen molar-refractivity contribution in [3.8, 4) is 22.5 Å². The molecule has 0 saturated heterocycles. The van der Waals surface area contributed by atoms with Gasteiger partial charge in [-0.15, -0.1) is 5.10 Å². The molecule has 0 radical (unpaired) electrons. The van der Waals surface area contributed by atoms with Crippen LogP contribution in [0.1, 0.15) is 11.1 Å². The molecular formula is C24H17N3OS. The summed E-state index contributed by atoms with van der Waals surface area (Å²) in [5.41, 5.74) is 5.25. The van der Waals surface area contributed by atoms with E-state index in [1.807, 2.05) is 67.6 Å². The highest BCUT2D eigenvalue weighted by Gasteiger charge is 2.11. The number of aromatic nitrogens is 3. The molecule has 0 aliphatic carbocycles. The van der Waals surface area contributed by atoms with Crippen molar-refractivity contribution >= 4 is 22.4 Å². The maximum atomic E-state index is 12.8. The van der Waals surface area contributed by atoms with Crippen LogP contribution >= 0.6 is 11.3 Å². The molecule has 4 nitrogen and oxygen atoms in total. The lowest BCUT2D eigenvalue weighted by Crippen LogP contribution is -2.23. The summed E-state index contributed by atoms with van der Waals surface area (Å²) >= 11 is 1.36. The standard InChI is InChI=1S/C24H17N3OS/c1-16-7-11-20(12-8-16)22-25-24-27(26-22)23(28)21(29-24)15-17-9-13-19(14-10-17)18-5-3-2-4-6-18/h2-15H,1H3/b21-15-. The molecule has 2 aromatic heterocycles. The third-order valence-corrected chi connectivity index (χ3v) is 5.77. The van der Waals surface area contributed by atoms with Crippen LogP contribution in [-0.2, 0) is 0 Å². The molecule has 0 bridgehead atoms. The van der Waals surface area contributed by atoms with Gasteiger partial charge in [-0.05, 0) is 29.7 Å². The van der Waals surface area contributed by atoms with Crippen LogP contribution in [0, 0.1) is 6.92 Å². The summed E-state index contributed by atoms with van der Waals surface area (Å²) in [7, 11) is 0. The first-order valence-electron chi connectivity index (χ1n) is 9.31. The molecule has 29 heavy (non-hydrogen) atoms. The number of hydrogen-bond acceptors (Lipinski definition) is 4. The Hall–Kier alpha value is -3.57. The Morgan fingerprint density at radius 1 is 0.828 bits per heavy atom. The van der Waals surface area contributed by atoms with Crippen molar-refractivity contribution in [1.29, 1.82) is 0 Å². The molecule has 3 aromatic carbocycles. The van der Waals surface area contributed by atoms with Gasteiger partial charge in [0.25, 0.3) is 5.56 Å². The summed E-state index contributed by atoms with van der Waals surface area (Å²) in [4.78, 5) is 17.9. The molecule has 5 heteroatoms. The van der Waals surface area contributed by atoms with Crippen LogP contribution in [0.2, 0.25) is 0 Å². The van der Waals surface area contributed by atoms with Gasteiger partial charge in [0, 0.05) is 5.56 Å². The Bertz CT molecular complexity index is 1400. The molecule has 0 N–H and O–H groups in total. The zero-order chi connectivity index (χ0) is 19.8. The van der Waals surface area contributed by atoms with Gasteiger partial charge in [0.1, 0.15) is 0 Å².